The third-order valence-electron chi connectivity index (χ3n) is 1.11. The van der Waals surface area contributed by atoms with Crippen LogP contribution >= 0.6 is 0 Å². The molecule has 0 amide bonds. The summed E-state index contributed by atoms with van der Waals surface area (Å²) in [6.45, 7) is 6.57. The Morgan fingerprint density at radius 3 is 3.10 bits per heavy atom. The van der Waals surface area contributed by atoms with E-state index in [9.17, 15) is 4.39 Å². The highest BCUT2D eigenvalue weighted by atomic mass is 19.1. The van der Waals surface area contributed by atoms with Crippen LogP contribution in [0.2, 0.25) is 0 Å². The average molecular weight is 136 g/mol. The Morgan fingerprint density at radius 1 is 1.70 bits per heavy atom. The van der Waals surface area contributed by atoms with E-state index in [1.165, 1.54) is 12.3 Å². The van der Waals surface area contributed by atoms with Crippen LogP contribution in [0.3, 0.4) is 0 Å². The minimum absolute atomic E-state index is 0.0916. The maximum absolute atomic E-state index is 12.6. The fourth-order valence-electron chi connectivity index (χ4n) is 0.617. The standard InChI is InChI=1S/C7H5FN2/c1-9-4-6-2-3-10-5-7(6)8/h2-3,5H,4H2. The van der Waals surface area contributed by atoms with Crippen molar-refractivity contribution in [2.75, 3.05) is 0 Å². The molecule has 50 valence electrons. The van der Waals surface area contributed by atoms with E-state index >= 15 is 0 Å². The lowest BCUT2D eigenvalue weighted by molar-refractivity contribution is 0.608. The Labute approximate surface area is 58.1 Å². The molecule has 2 nitrogen and oxygen atoms in total. The molecule has 3 heteroatoms. The fraction of sp³-hybridized carbons (Fsp3) is 0.143. The third kappa shape index (κ3) is 1.29. The smallest absolute Gasteiger partial charge is 0.242 e. The molecule has 0 aliphatic rings. The van der Waals surface area contributed by atoms with Crippen LogP contribution in [0.25, 0.3) is 4.85 Å². The number of aromatic nitrogens is 1. The van der Waals surface area contributed by atoms with Crippen molar-refractivity contribution in [1.29, 1.82) is 0 Å². The largest absolute Gasteiger partial charge is 0.312 e. The summed E-state index contributed by atoms with van der Waals surface area (Å²) in [6.07, 6.45) is 2.59. The molecule has 1 rings (SSSR count). The highest BCUT2D eigenvalue weighted by Crippen LogP contribution is 2.04. The van der Waals surface area contributed by atoms with Crippen molar-refractivity contribution in [2.24, 2.45) is 0 Å². The predicted molar refractivity (Wildman–Crippen MR) is 34.5 cm³/mol. The Balaban J connectivity index is 2.94. The zero-order valence-corrected chi connectivity index (χ0v) is 5.21. The maximum atomic E-state index is 12.6. The van der Waals surface area contributed by atoms with Gasteiger partial charge >= 0.3 is 0 Å². The van der Waals surface area contributed by atoms with Gasteiger partial charge in [0.1, 0.15) is 0 Å². The predicted octanol–water partition coefficient (Wildman–Crippen LogP) is 1.64. The lowest BCUT2D eigenvalue weighted by Gasteiger charge is -1.90. The molecule has 0 spiro atoms. The van der Waals surface area contributed by atoms with Crippen LogP contribution in [0.15, 0.2) is 18.5 Å². The van der Waals surface area contributed by atoms with Crippen LogP contribution < -0.4 is 0 Å². The summed E-state index contributed by atoms with van der Waals surface area (Å²) in [7, 11) is 0. The molecular weight excluding hydrogens is 131 g/mol. The lowest BCUT2D eigenvalue weighted by Crippen LogP contribution is -1.86. The number of pyridine rings is 1. The first-order chi connectivity index (χ1) is 4.84. The SMILES string of the molecule is [C-]#[N+]Cc1ccncc1F. The highest BCUT2D eigenvalue weighted by Gasteiger charge is 2.01. The van der Waals surface area contributed by atoms with Crippen LogP contribution in [0.4, 0.5) is 4.39 Å². The van der Waals surface area contributed by atoms with Gasteiger partial charge in [-0.3, -0.25) is 4.98 Å². The van der Waals surface area contributed by atoms with Gasteiger partial charge in [-0.2, -0.15) is 0 Å². The number of rotatable bonds is 1. The molecule has 0 aromatic carbocycles. The minimum atomic E-state index is -0.404. The molecular formula is C7H5FN2. The van der Waals surface area contributed by atoms with Crippen molar-refractivity contribution in [3.8, 4) is 0 Å². The summed E-state index contributed by atoms with van der Waals surface area (Å²) in [5, 5.41) is 0. The van der Waals surface area contributed by atoms with Crippen LogP contribution in [0, 0.1) is 12.4 Å². The van der Waals surface area contributed by atoms with E-state index in [-0.39, 0.29) is 6.54 Å². The normalized spacial score (nSPS) is 8.80. The molecule has 0 bridgehead atoms. The molecule has 0 atom stereocenters. The van der Waals surface area contributed by atoms with E-state index in [4.69, 9.17) is 6.57 Å². The van der Waals surface area contributed by atoms with Gasteiger partial charge in [-0.15, -0.1) is 0 Å². The van der Waals surface area contributed by atoms with Gasteiger partial charge in [-0.1, -0.05) is 0 Å². The first-order valence-electron chi connectivity index (χ1n) is 2.76. The van der Waals surface area contributed by atoms with Crippen molar-refractivity contribution in [3.05, 3.63) is 41.3 Å². The molecule has 0 aliphatic carbocycles. The van der Waals surface area contributed by atoms with Gasteiger partial charge in [0.2, 0.25) is 6.54 Å². The fourth-order valence-corrected chi connectivity index (χ4v) is 0.617. The van der Waals surface area contributed by atoms with Gasteiger partial charge in [-0.25, -0.2) is 11.0 Å². The summed E-state index contributed by atoms with van der Waals surface area (Å²) >= 11 is 0. The molecule has 1 aromatic heterocycles. The van der Waals surface area contributed by atoms with Crippen LogP contribution in [-0.4, -0.2) is 4.98 Å². The quantitative estimate of drug-likeness (QED) is 0.536. The van der Waals surface area contributed by atoms with Gasteiger partial charge in [0.15, 0.2) is 5.82 Å². The van der Waals surface area contributed by atoms with Crippen molar-refractivity contribution >= 4 is 0 Å². The van der Waals surface area contributed by atoms with Gasteiger partial charge in [0, 0.05) is 6.20 Å². The summed E-state index contributed by atoms with van der Waals surface area (Å²) in [5.41, 5.74) is 0.407. The Kier molecular flexibility index (Phi) is 1.96. The van der Waals surface area contributed by atoms with Crippen molar-refractivity contribution in [2.45, 2.75) is 6.54 Å². The molecule has 0 aliphatic heterocycles. The number of hydrogen-bond donors (Lipinski definition) is 0. The topological polar surface area (TPSA) is 17.2 Å². The second-order valence-corrected chi connectivity index (χ2v) is 1.78. The summed E-state index contributed by atoms with van der Waals surface area (Å²) in [5.74, 6) is -0.404. The summed E-state index contributed by atoms with van der Waals surface area (Å²) in [4.78, 5) is 6.60. The maximum Gasteiger partial charge on any atom is 0.242 e. The lowest BCUT2D eigenvalue weighted by atomic mass is 10.3. The van der Waals surface area contributed by atoms with Gasteiger partial charge in [-0.05, 0) is 6.07 Å². The third-order valence-corrected chi connectivity index (χ3v) is 1.11. The van der Waals surface area contributed by atoms with Crippen molar-refractivity contribution in [3.63, 3.8) is 0 Å². The number of nitrogens with zero attached hydrogens (tertiary/aromatic N) is 2. The molecule has 0 N–H and O–H groups in total. The van der Waals surface area contributed by atoms with Crippen molar-refractivity contribution < 1.29 is 4.39 Å². The monoisotopic (exact) mass is 136 g/mol. The second kappa shape index (κ2) is 2.92. The van der Waals surface area contributed by atoms with E-state index < -0.39 is 5.82 Å². The zero-order valence-electron chi connectivity index (χ0n) is 5.21. The molecule has 10 heavy (non-hydrogen) atoms. The molecule has 0 radical (unpaired) electrons. The Morgan fingerprint density at radius 2 is 2.50 bits per heavy atom. The Bertz CT molecular complexity index is 265. The molecule has 0 saturated carbocycles. The molecule has 1 heterocycles. The average Bonchev–Trinajstić information content (AvgIpc) is 1.94. The van der Waals surface area contributed by atoms with E-state index in [2.05, 4.69) is 9.83 Å². The minimum Gasteiger partial charge on any atom is -0.312 e. The molecule has 0 unspecified atom stereocenters. The Hall–Kier alpha value is -1.43. The second-order valence-electron chi connectivity index (χ2n) is 1.78. The van der Waals surface area contributed by atoms with Crippen LogP contribution in [0.5, 0.6) is 0 Å². The molecule has 0 fully saturated rings. The van der Waals surface area contributed by atoms with E-state index in [1.54, 1.807) is 0 Å². The molecule has 1 aromatic rings. The summed E-state index contributed by atoms with van der Waals surface area (Å²) < 4.78 is 12.6. The van der Waals surface area contributed by atoms with E-state index in [0.29, 0.717) is 5.56 Å². The van der Waals surface area contributed by atoms with E-state index in [0.717, 1.165) is 6.20 Å². The van der Waals surface area contributed by atoms with Crippen LogP contribution in [0.1, 0.15) is 5.56 Å². The first kappa shape index (κ1) is 6.69. The van der Waals surface area contributed by atoms with Crippen LogP contribution in [-0.2, 0) is 6.54 Å². The number of halogens is 1. The molecule has 0 saturated heterocycles. The highest BCUT2D eigenvalue weighted by molar-refractivity contribution is 5.13. The number of hydrogen-bond acceptors (Lipinski definition) is 1. The van der Waals surface area contributed by atoms with Gasteiger partial charge < -0.3 is 4.85 Å². The first-order valence-corrected chi connectivity index (χ1v) is 2.76. The van der Waals surface area contributed by atoms with Crippen molar-refractivity contribution in [1.82, 2.24) is 4.98 Å². The van der Waals surface area contributed by atoms with Gasteiger partial charge in [0.25, 0.3) is 0 Å². The van der Waals surface area contributed by atoms with E-state index in [1.807, 2.05) is 0 Å². The zero-order chi connectivity index (χ0) is 7.40. The summed E-state index contributed by atoms with van der Waals surface area (Å²) in [6, 6.07) is 1.51. The van der Waals surface area contributed by atoms with Gasteiger partial charge in [0.05, 0.1) is 11.8 Å².